The third-order valence-corrected chi connectivity index (χ3v) is 3.78. The molecule has 0 fully saturated rings. The zero-order valence-corrected chi connectivity index (χ0v) is 13.9. The summed E-state index contributed by atoms with van der Waals surface area (Å²) in [6.07, 6.45) is 2.19. The first-order chi connectivity index (χ1) is 12.1. The number of rotatable bonds is 9. The van der Waals surface area contributed by atoms with E-state index < -0.39 is 24.2 Å². The average Bonchev–Trinajstić information content (AvgIpc) is 3.10. The normalized spacial score (nSPS) is 18.4. The van der Waals surface area contributed by atoms with Gasteiger partial charge in [-0.3, -0.25) is 0 Å². The van der Waals surface area contributed by atoms with E-state index in [4.69, 9.17) is 14.6 Å². The third-order valence-electron chi connectivity index (χ3n) is 3.78. The number of amides is 1. The second-order valence-corrected chi connectivity index (χ2v) is 5.70. The van der Waals surface area contributed by atoms with Gasteiger partial charge in [0.2, 0.25) is 0 Å². The minimum absolute atomic E-state index is 0.235. The lowest BCUT2D eigenvalue weighted by Crippen LogP contribution is -2.31. The van der Waals surface area contributed by atoms with Crippen molar-refractivity contribution in [3.63, 3.8) is 0 Å². The molecule has 25 heavy (non-hydrogen) atoms. The van der Waals surface area contributed by atoms with Crippen LogP contribution in [0.3, 0.4) is 0 Å². The van der Waals surface area contributed by atoms with E-state index in [1.165, 1.54) is 6.40 Å². The van der Waals surface area contributed by atoms with Gasteiger partial charge in [-0.25, -0.2) is 14.6 Å². The van der Waals surface area contributed by atoms with Gasteiger partial charge < -0.3 is 19.9 Å². The highest BCUT2D eigenvalue weighted by Crippen LogP contribution is 2.21. The second kappa shape index (κ2) is 9.46. The molecule has 1 aromatic rings. The maximum absolute atomic E-state index is 11.6. The van der Waals surface area contributed by atoms with Gasteiger partial charge in [-0.05, 0) is 30.4 Å². The molecular weight excluding hydrogens is 324 g/mol. The van der Waals surface area contributed by atoms with Crippen molar-refractivity contribution in [2.45, 2.75) is 38.0 Å². The van der Waals surface area contributed by atoms with Crippen LogP contribution in [0.25, 0.3) is 0 Å². The summed E-state index contributed by atoms with van der Waals surface area (Å²) in [5.74, 6) is -1.03. The summed E-state index contributed by atoms with van der Waals surface area (Å²) in [4.78, 5) is 26.4. The van der Waals surface area contributed by atoms with E-state index in [-0.39, 0.29) is 6.61 Å². The molecule has 1 heterocycles. The van der Waals surface area contributed by atoms with E-state index in [0.717, 1.165) is 18.4 Å². The minimum atomic E-state index is -1.03. The maximum atomic E-state index is 11.6. The van der Waals surface area contributed by atoms with Gasteiger partial charge >= 0.3 is 12.1 Å². The Balaban J connectivity index is 1.56. The number of benzene rings is 1. The van der Waals surface area contributed by atoms with E-state index in [2.05, 4.69) is 16.9 Å². The molecule has 0 aliphatic carbocycles. The maximum Gasteiger partial charge on any atom is 0.407 e. The summed E-state index contributed by atoms with van der Waals surface area (Å²) < 4.78 is 10.3. The zero-order chi connectivity index (χ0) is 18.1. The van der Waals surface area contributed by atoms with Crippen LogP contribution in [0.5, 0.6) is 0 Å². The number of hydrogen-bond donors (Lipinski definition) is 2. The van der Waals surface area contributed by atoms with Crippen molar-refractivity contribution >= 4 is 18.5 Å². The predicted octanol–water partition coefficient (Wildman–Crippen LogP) is 2.52. The Bertz CT molecular complexity index is 630. The molecule has 2 N–H and O–H groups in total. The summed E-state index contributed by atoms with van der Waals surface area (Å²) in [6.45, 7) is 4.60. The van der Waals surface area contributed by atoms with Crippen molar-refractivity contribution in [2.75, 3.05) is 6.54 Å². The predicted molar refractivity (Wildman–Crippen MR) is 92.4 cm³/mol. The molecule has 1 amide bonds. The number of hydrogen-bond acceptors (Lipinski definition) is 5. The van der Waals surface area contributed by atoms with Crippen molar-refractivity contribution in [2.24, 2.45) is 4.99 Å². The highest BCUT2D eigenvalue weighted by atomic mass is 16.5. The quantitative estimate of drug-likeness (QED) is 0.529. The summed E-state index contributed by atoms with van der Waals surface area (Å²) >= 11 is 0. The molecule has 7 heteroatoms. The Morgan fingerprint density at radius 3 is 2.76 bits per heavy atom. The number of carboxylic acids is 1. The Hall–Kier alpha value is -2.83. The number of carbonyl (C=O) groups is 2. The van der Waals surface area contributed by atoms with Crippen LogP contribution in [-0.2, 0) is 20.9 Å². The van der Waals surface area contributed by atoms with E-state index in [1.54, 1.807) is 0 Å². The SMILES string of the molecule is C=C(CCCCNC(=O)OCc1ccccc1)C1OC=NC1C(=O)O. The van der Waals surface area contributed by atoms with Crippen LogP contribution in [0.15, 0.2) is 47.5 Å². The van der Waals surface area contributed by atoms with Crippen molar-refractivity contribution in [3.05, 3.63) is 48.0 Å². The first-order valence-electron chi connectivity index (χ1n) is 8.10. The summed E-state index contributed by atoms with van der Waals surface area (Å²) in [5.41, 5.74) is 1.62. The van der Waals surface area contributed by atoms with Gasteiger partial charge in [-0.1, -0.05) is 36.9 Å². The van der Waals surface area contributed by atoms with Crippen LogP contribution in [0, 0.1) is 0 Å². The fourth-order valence-electron chi connectivity index (χ4n) is 2.42. The van der Waals surface area contributed by atoms with Gasteiger partial charge in [0, 0.05) is 6.54 Å². The molecule has 134 valence electrons. The molecule has 2 atom stereocenters. The number of carbonyl (C=O) groups excluding carboxylic acids is 1. The standard InChI is InChI=1S/C18H22N2O5/c1-13(16-15(17(21)22)20-12-25-16)7-5-6-10-19-18(23)24-11-14-8-3-2-4-9-14/h2-4,8-9,12,15-16H,1,5-7,10-11H2,(H,19,23)(H,21,22). The van der Waals surface area contributed by atoms with Crippen molar-refractivity contribution < 1.29 is 24.2 Å². The van der Waals surface area contributed by atoms with E-state index in [9.17, 15) is 9.59 Å². The molecule has 0 bridgehead atoms. The first kappa shape index (κ1) is 18.5. The minimum Gasteiger partial charge on any atom is -0.480 e. The molecular formula is C18H22N2O5. The number of nitrogens with one attached hydrogen (secondary N) is 1. The van der Waals surface area contributed by atoms with Gasteiger partial charge in [0.1, 0.15) is 6.61 Å². The van der Waals surface area contributed by atoms with E-state index >= 15 is 0 Å². The molecule has 7 nitrogen and oxygen atoms in total. The summed E-state index contributed by atoms with van der Waals surface area (Å²) in [7, 11) is 0. The molecule has 2 unspecified atom stereocenters. The Morgan fingerprint density at radius 2 is 2.04 bits per heavy atom. The zero-order valence-electron chi connectivity index (χ0n) is 13.9. The molecule has 1 aliphatic rings. The summed E-state index contributed by atoms with van der Waals surface area (Å²) in [5, 5.41) is 11.7. The van der Waals surface area contributed by atoms with Crippen LogP contribution in [0.1, 0.15) is 24.8 Å². The van der Waals surface area contributed by atoms with Crippen molar-refractivity contribution in [1.29, 1.82) is 0 Å². The van der Waals surface area contributed by atoms with Crippen molar-refractivity contribution in [1.82, 2.24) is 5.32 Å². The molecule has 0 radical (unpaired) electrons. The van der Waals surface area contributed by atoms with Gasteiger partial charge in [0.15, 0.2) is 18.5 Å². The van der Waals surface area contributed by atoms with Crippen LogP contribution < -0.4 is 5.32 Å². The number of alkyl carbamates (subject to hydrolysis) is 1. The highest BCUT2D eigenvalue weighted by Gasteiger charge is 2.34. The molecule has 0 aromatic heterocycles. The molecule has 2 rings (SSSR count). The van der Waals surface area contributed by atoms with E-state index in [0.29, 0.717) is 18.5 Å². The average molecular weight is 346 g/mol. The molecule has 0 saturated heterocycles. The lowest BCUT2D eigenvalue weighted by molar-refractivity contribution is -0.139. The first-order valence-corrected chi connectivity index (χ1v) is 8.10. The number of aliphatic carboxylic acids is 1. The third kappa shape index (κ3) is 5.95. The lowest BCUT2D eigenvalue weighted by atomic mass is 9.99. The largest absolute Gasteiger partial charge is 0.480 e. The van der Waals surface area contributed by atoms with Gasteiger partial charge in [0.05, 0.1) is 0 Å². The molecule has 1 aromatic carbocycles. The topological polar surface area (TPSA) is 97.2 Å². The lowest BCUT2D eigenvalue weighted by Gasteiger charge is -2.16. The van der Waals surface area contributed by atoms with Crippen molar-refractivity contribution in [3.8, 4) is 0 Å². The number of unbranched alkanes of at least 4 members (excludes halogenated alkanes) is 1. The van der Waals surface area contributed by atoms with Crippen LogP contribution in [0.2, 0.25) is 0 Å². The van der Waals surface area contributed by atoms with Crippen LogP contribution in [-0.4, -0.2) is 42.3 Å². The number of carboxylic acid groups (broad SMARTS) is 1. The van der Waals surface area contributed by atoms with Gasteiger partial charge in [-0.15, -0.1) is 0 Å². The Labute approximate surface area is 146 Å². The van der Waals surface area contributed by atoms with Gasteiger partial charge in [0.25, 0.3) is 0 Å². The molecule has 1 aliphatic heterocycles. The van der Waals surface area contributed by atoms with Crippen LogP contribution in [0.4, 0.5) is 4.79 Å². The number of ether oxygens (including phenoxy) is 2. The molecule has 0 spiro atoms. The number of aliphatic imine (C=N–C) groups is 1. The fraction of sp³-hybridized carbons (Fsp3) is 0.389. The smallest absolute Gasteiger partial charge is 0.407 e. The number of nitrogens with zero attached hydrogens (tertiary/aromatic N) is 1. The van der Waals surface area contributed by atoms with Crippen LogP contribution >= 0.6 is 0 Å². The second-order valence-electron chi connectivity index (χ2n) is 5.70. The molecule has 0 saturated carbocycles. The Kier molecular flexibility index (Phi) is 7.00. The highest BCUT2D eigenvalue weighted by molar-refractivity contribution is 5.78. The Morgan fingerprint density at radius 1 is 1.28 bits per heavy atom. The monoisotopic (exact) mass is 346 g/mol. The van der Waals surface area contributed by atoms with E-state index in [1.807, 2.05) is 30.3 Å². The fourth-order valence-corrected chi connectivity index (χ4v) is 2.42. The summed E-state index contributed by atoms with van der Waals surface area (Å²) in [6, 6.07) is 8.53. The van der Waals surface area contributed by atoms with Gasteiger partial charge in [-0.2, -0.15) is 0 Å².